The van der Waals surface area contributed by atoms with Gasteiger partial charge in [0.1, 0.15) is 24.2 Å². The summed E-state index contributed by atoms with van der Waals surface area (Å²) in [6, 6.07) is -2.34. The Morgan fingerprint density at radius 3 is 2.48 bits per heavy atom. The van der Waals surface area contributed by atoms with Gasteiger partial charge in [-0.3, -0.25) is 24.2 Å². The summed E-state index contributed by atoms with van der Waals surface area (Å²) < 4.78 is 11.4. The summed E-state index contributed by atoms with van der Waals surface area (Å²) in [4.78, 5) is 52.5. The van der Waals surface area contributed by atoms with Crippen molar-refractivity contribution in [1.82, 2.24) is 21.1 Å². The summed E-state index contributed by atoms with van der Waals surface area (Å²) in [6.45, 7) is 9.34. The van der Waals surface area contributed by atoms with E-state index in [0.29, 0.717) is 32.2 Å². The number of ether oxygens (including phenoxy) is 2. The predicted octanol–water partition coefficient (Wildman–Crippen LogP) is 2.71. The van der Waals surface area contributed by atoms with E-state index < -0.39 is 42.0 Å². The first-order valence-corrected chi connectivity index (χ1v) is 14.5. The first-order valence-electron chi connectivity index (χ1n) is 14.5. The number of nitrogens with one attached hydrogen (secondary N) is 3. The van der Waals surface area contributed by atoms with Crippen LogP contribution in [0.3, 0.4) is 0 Å². The van der Waals surface area contributed by atoms with E-state index in [1.807, 2.05) is 20.8 Å². The van der Waals surface area contributed by atoms with Crippen LogP contribution >= 0.6 is 0 Å². The highest BCUT2D eigenvalue weighted by Gasteiger charge is 2.35. The minimum atomic E-state index is -0.864. The molecule has 0 aromatic rings. The van der Waals surface area contributed by atoms with Crippen molar-refractivity contribution in [3.8, 4) is 0 Å². The van der Waals surface area contributed by atoms with E-state index in [1.165, 1.54) is 5.01 Å². The fourth-order valence-corrected chi connectivity index (χ4v) is 5.26. The molecule has 0 saturated carbocycles. The lowest BCUT2D eigenvalue weighted by molar-refractivity contribution is -0.155. The Hall–Kier alpha value is -2.98. The molecular formula is C30H46N4O6. The van der Waals surface area contributed by atoms with E-state index in [0.717, 1.165) is 24.0 Å². The van der Waals surface area contributed by atoms with E-state index in [2.05, 4.69) is 40.4 Å². The van der Waals surface area contributed by atoms with E-state index in [1.54, 1.807) is 21.0 Å². The van der Waals surface area contributed by atoms with Crippen molar-refractivity contribution in [3.05, 3.63) is 35.5 Å². The van der Waals surface area contributed by atoms with Gasteiger partial charge in [-0.25, -0.2) is 5.43 Å². The highest BCUT2D eigenvalue weighted by Crippen LogP contribution is 2.24. The van der Waals surface area contributed by atoms with Crippen molar-refractivity contribution in [2.75, 3.05) is 13.7 Å². The molecule has 2 heterocycles. The van der Waals surface area contributed by atoms with Gasteiger partial charge in [0.25, 0.3) is 5.91 Å². The Morgan fingerprint density at radius 1 is 1.02 bits per heavy atom. The van der Waals surface area contributed by atoms with Gasteiger partial charge in [-0.2, -0.15) is 0 Å². The lowest BCUT2D eigenvalue weighted by Crippen LogP contribution is -2.61. The highest BCUT2D eigenvalue weighted by atomic mass is 16.5. The molecule has 40 heavy (non-hydrogen) atoms. The number of carbonyl (C=O) groups is 4. The van der Waals surface area contributed by atoms with Crippen LogP contribution in [0.25, 0.3) is 0 Å². The molecule has 0 radical (unpaired) electrons. The summed E-state index contributed by atoms with van der Waals surface area (Å²) in [6.07, 6.45) is 11.8. The molecular weight excluding hydrogens is 512 g/mol. The molecule has 3 amide bonds. The van der Waals surface area contributed by atoms with E-state index in [4.69, 9.17) is 9.47 Å². The molecule has 3 rings (SSSR count). The Labute approximate surface area is 237 Å². The van der Waals surface area contributed by atoms with Crippen molar-refractivity contribution < 1.29 is 28.7 Å². The van der Waals surface area contributed by atoms with Gasteiger partial charge in [-0.1, -0.05) is 45.1 Å². The summed E-state index contributed by atoms with van der Waals surface area (Å²) in [7, 11) is 1.59. The number of allylic oxidation sites excluding steroid dienone is 4. The summed E-state index contributed by atoms with van der Waals surface area (Å²) in [5.41, 5.74) is 5.09. The summed E-state index contributed by atoms with van der Waals surface area (Å²) in [5.74, 6) is -2.17. The van der Waals surface area contributed by atoms with Gasteiger partial charge >= 0.3 is 5.97 Å². The molecule has 1 saturated heterocycles. The number of methoxy groups -OCH3 is 1. The Balaban J connectivity index is 1.85. The largest absolute Gasteiger partial charge is 0.457 e. The summed E-state index contributed by atoms with van der Waals surface area (Å²) >= 11 is 0. The number of hydrazine groups is 1. The van der Waals surface area contributed by atoms with Crippen LogP contribution in [0.1, 0.15) is 73.1 Å². The van der Waals surface area contributed by atoms with Gasteiger partial charge < -0.3 is 20.1 Å². The van der Waals surface area contributed by atoms with Crippen LogP contribution < -0.4 is 16.1 Å². The molecule has 6 unspecified atom stereocenters. The molecule has 4 bridgehead atoms. The average molecular weight is 559 g/mol. The molecule has 3 N–H and O–H groups in total. The molecule has 3 aliphatic rings. The number of amides is 3. The number of cyclic esters (lactones) is 1. The smallest absolute Gasteiger partial charge is 0.325 e. The van der Waals surface area contributed by atoms with Crippen LogP contribution in [-0.4, -0.2) is 72.7 Å². The fourth-order valence-electron chi connectivity index (χ4n) is 5.26. The number of rotatable bonds is 2. The normalized spacial score (nSPS) is 31.7. The van der Waals surface area contributed by atoms with Crippen LogP contribution in [0.4, 0.5) is 0 Å². The first-order chi connectivity index (χ1) is 19.0. The third kappa shape index (κ3) is 8.27. The topological polar surface area (TPSA) is 126 Å². The maximum Gasteiger partial charge on any atom is 0.325 e. The number of esters is 1. The number of fused-ring (bicyclic) bond motifs is 3. The standard InChI is InChI=1S/C30H46N4O6/c1-18(2)26-28(36)31-20(4)29(37)34-16-10-14-24(33-34)30(38)40-21(5)23-13-9-12-22(17-23)11-7-8-15-25(39-6)19(3)27(35)32-26/h7,11,13,17-21,24-26,33H,8-10,12,14-16H2,1-6H3,(H,31,36)(H,32,35). The van der Waals surface area contributed by atoms with Crippen LogP contribution in [0.2, 0.25) is 0 Å². The minimum absolute atomic E-state index is 0.204. The minimum Gasteiger partial charge on any atom is -0.457 e. The maximum atomic E-state index is 13.2. The van der Waals surface area contributed by atoms with Crippen LogP contribution in [0, 0.1) is 11.8 Å². The molecule has 6 atom stereocenters. The second-order valence-electron chi connectivity index (χ2n) is 11.4. The molecule has 0 spiro atoms. The van der Waals surface area contributed by atoms with Gasteiger partial charge in [0.2, 0.25) is 11.8 Å². The molecule has 222 valence electrons. The van der Waals surface area contributed by atoms with E-state index in [9.17, 15) is 19.2 Å². The number of nitrogens with zero attached hydrogens (tertiary/aromatic N) is 1. The van der Waals surface area contributed by atoms with Crippen molar-refractivity contribution in [2.45, 2.75) is 103 Å². The van der Waals surface area contributed by atoms with Gasteiger partial charge in [0.05, 0.1) is 12.0 Å². The predicted molar refractivity (Wildman–Crippen MR) is 152 cm³/mol. The van der Waals surface area contributed by atoms with Crippen molar-refractivity contribution in [3.63, 3.8) is 0 Å². The van der Waals surface area contributed by atoms with Gasteiger partial charge in [-0.15, -0.1) is 0 Å². The number of carbonyl (C=O) groups excluding carboxylic acids is 4. The van der Waals surface area contributed by atoms with E-state index >= 15 is 0 Å². The quantitative estimate of drug-likeness (QED) is 0.445. The third-order valence-electron chi connectivity index (χ3n) is 7.86. The maximum absolute atomic E-state index is 13.2. The molecule has 2 aliphatic heterocycles. The van der Waals surface area contributed by atoms with Crippen LogP contribution in [0.5, 0.6) is 0 Å². The third-order valence-corrected chi connectivity index (χ3v) is 7.86. The Kier molecular flexibility index (Phi) is 11.5. The first kappa shape index (κ1) is 31.5. The number of hydrogen-bond acceptors (Lipinski definition) is 7. The molecule has 10 nitrogen and oxygen atoms in total. The van der Waals surface area contributed by atoms with Crippen molar-refractivity contribution >= 4 is 23.7 Å². The van der Waals surface area contributed by atoms with Crippen molar-refractivity contribution in [1.29, 1.82) is 0 Å². The lowest BCUT2D eigenvalue weighted by Gasteiger charge is -2.35. The molecule has 10 heteroatoms. The molecule has 0 aromatic carbocycles. The number of hydrogen-bond donors (Lipinski definition) is 3. The zero-order chi connectivity index (χ0) is 29.4. The van der Waals surface area contributed by atoms with Gasteiger partial charge in [0, 0.05) is 13.7 Å². The highest BCUT2D eigenvalue weighted by molar-refractivity contribution is 5.92. The Morgan fingerprint density at radius 2 is 1.77 bits per heavy atom. The van der Waals surface area contributed by atoms with Gasteiger partial charge in [0.15, 0.2) is 0 Å². The zero-order valence-corrected chi connectivity index (χ0v) is 24.7. The Bertz CT molecular complexity index is 1040. The second kappa shape index (κ2) is 14.6. The second-order valence-corrected chi connectivity index (χ2v) is 11.4. The molecule has 1 fully saturated rings. The zero-order valence-electron chi connectivity index (χ0n) is 24.7. The van der Waals surface area contributed by atoms with E-state index in [-0.39, 0.29) is 23.8 Å². The summed E-state index contributed by atoms with van der Waals surface area (Å²) in [5, 5.41) is 7.00. The average Bonchev–Trinajstić information content (AvgIpc) is 2.94. The monoisotopic (exact) mass is 558 g/mol. The SMILES string of the molecule is COC1CCC=CC2=CC(=CCC2)C(C)OC(=O)C2CCCN(N2)C(=O)C(C)NC(=O)C(C(C)C)NC(=O)C1C. The van der Waals surface area contributed by atoms with Crippen LogP contribution in [-0.2, 0) is 28.7 Å². The van der Waals surface area contributed by atoms with Gasteiger partial charge in [-0.05, 0) is 69.4 Å². The van der Waals surface area contributed by atoms with Crippen molar-refractivity contribution in [2.24, 2.45) is 11.8 Å². The fraction of sp³-hybridized carbons (Fsp3) is 0.667. The molecule has 1 aliphatic carbocycles. The van der Waals surface area contributed by atoms with Crippen LogP contribution in [0.15, 0.2) is 35.5 Å². The molecule has 0 aromatic heterocycles. The lowest BCUT2D eigenvalue weighted by atomic mass is 9.95.